The Hall–Kier alpha value is -3.13. The molecule has 1 aromatic carbocycles. The maximum atomic E-state index is 12.5. The predicted molar refractivity (Wildman–Crippen MR) is 105 cm³/mol. The summed E-state index contributed by atoms with van der Waals surface area (Å²) in [6.07, 6.45) is 3.29. The van der Waals surface area contributed by atoms with E-state index in [2.05, 4.69) is 25.6 Å². The Morgan fingerprint density at radius 1 is 1.19 bits per heavy atom. The molecule has 0 spiro atoms. The average Bonchev–Trinajstić information content (AvgIpc) is 3.30. The average molecular weight is 378 g/mol. The molecule has 27 heavy (non-hydrogen) atoms. The van der Waals surface area contributed by atoms with E-state index in [0.29, 0.717) is 17.2 Å². The highest BCUT2D eigenvalue weighted by Crippen LogP contribution is 2.23. The Kier molecular flexibility index (Phi) is 4.64. The van der Waals surface area contributed by atoms with Crippen molar-refractivity contribution in [3.8, 4) is 0 Å². The van der Waals surface area contributed by atoms with E-state index in [0.717, 1.165) is 21.6 Å². The number of hydrogen-bond donors (Lipinski definition) is 1. The van der Waals surface area contributed by atoms with Crippen LogP contribution in [0.15, 0.2) is 48.8 Å². The fraction of sp³-hybridized carbons (Fsp3) is 0.211. The first-order chi connectivity index (χ1) is 13.1. The molecular formula is C19H18N6OS. The van der Waals surface area contributed by atoms with Gasteiger partial charge >= 0.3 is 0 Å². The Bertz CT molecular complexity index is 1090. The molecule has 1 amide bonds. The van der Waals surface area contributed by atoms with E-state index in [-0.39, 0.29) is 11.8 Å². The first kappa shape index (κ1) is 17.3. The Labute approximate surface area is 160 Å². The maximum absolute atomic E-state index is 12.5. The molecule has 0 atom stereocenters. The summed E-state index contributed by atoms with van der Waals surface area (Å²) >= 11 is 1.38. The van der Waals surface area contributed by atoms with Crippen molar-refractivity contribution >= 4 is 33.4 Å². The van der Waals surface area contributed by atoms with Crippen molar-refractivity contribution in [3.05, 3.63) is 64.9 Å². The number of carbonyl (C=O) groups excluding carboxylic acids is 1. The summed E-state index contributed by atoms with van der Waals surface area (Å²) < 4.78 is 1.83. The van der Waals surface area contributed by atoms with Gasteiger partial charge in [0.15, 0.2) is 5.65 Å². The third-order valence-corrected chi connectivity index (χ3v) is 5.21. The molecule has 0 saturated carbocycles. The Morgan fingerprint density at radius 3 is 2.74 bits per heavy atom. The van der Waals surface area contributed by atoms with Crippen LogP contribution < -0.4 is 5.32 Å². The number of pyridine rings is 1. The topological polar surface area (TPSA) is 85.6 Å². The van der Waals surface area contributed by atoms with E-state index in [1.165, 1.54) is 11.3 Å². The van der Waals surface area contributed by atoms with Crippen molar-refractivity contribution in [1.29, 1.82) is 0 Å². The van der Waals surface area contributed by atoms with E-state index in [1.807, 2.05) is 48.9 Å². The second-order valence-electron chi connectivity index (χ2n) is 6.48. The van der Waals surface area contributed by atoms with Crippen molar-refractivity contribution < 1.29 is 4.79 Å². The zero-order chi connectivity index (χ0) is 18.8. The lowest BCUT2D eigenvalue weighted by atomic mass is 10.2. The van der Waals surface area contributed by atoms with Gasteiger partial charge in [-0.2, -0.15) is 5.10 Å². The summed E-state index contributed by atoms with van der Waals surface area (Å²) in [5.41, 5.74) is 2.35. The van der Waals surface area contributed by atoms with Crippen LogP contribution in [0.3, 0.4) is 0 Å². The van der Waals surface area contributed by atoms with Crippen molar-refractivity contribution in [2.45, 2.75) is 26.3 Å². The summed E-state index contributed by atoms with van der Waals surface area (Å²) in [7, 11) is 0. The van der Waals surface area contributed by atoms with Gasteiger partial charge in [-0.3, -0.25) is 10.1 Å². The fourth-order valence-corrected chi connectivity index (χ4v) is 3.40. The molecule has 136 valence electrons. The maximum Gasteiger partial charge on any atom is 0.259 e. The molecule has 3 aromatic heterocycles. The van der Waals surface area contributed by atoms with E-state index in [4.69, 9.17) is 0 Å². The third kappa shape index (κ3) is 3.70. The molecule has 7 nitrogen and oxygen atoms in total. The summed E-state index contributed by atoms with van der Waals surface area (Å²) in [6, 6.07) is 11.8. The van der Waals surface area contributed by atoms with Crippen molar-refractivity contribution in [2.24, 2.45) is 0 Å². The standard InChI is InChI=1S/C19H18N6OS/c1-12(2)18-23-24-19(27-18)22-17(26)15-8-14-10-21-25(16(14)20-9-15)11-13-6-4-3-5-7-13/h3-10,12H,11H2,1-2H3,(H,22,24,26). The van der Waals surface area contributed by atoms with Crippen molar-refractivity contribution in [1.82, 2.24) is 25.0 Å². The van der Waals surface area contributed by atoms with Crippen molar-refractivity contribution in [2.75, 3.05) is 5.32 Å². The second kappa shape index (κ2) is 7.24. The molecule has 4 aromatic rings. The molecule has 3 heterocycles. The minimum Gasteiger partial charge on any atom is -0.296 e. The highest BCUT2D eigenvalue weighted by Gasteiger charge is 2.14. The highest BCUT2D eigenvalue weighted by molar-refractivity contribution is 7.15. The van der Waals surface area contributed by atoms with Crippen LogP contribution in [0, 0.1) is 0 Å². The number of carbonyl (C=O) groups is 1. The van der Waals surface area contributed by atoms with Gasteiger partial charge in [-0.25, -0.2) is 9.67 Å². The van der Waals surface area contributed by atoms with Crippen LogP contribution in [-0.4, -0.2) is 30.9 Å². The van der Waals surface area contributed by atoms with E-state index in [1.54, 1.807) is 18.5 Å². The number of hydrogen-bond acceptors (Lipinski definition) is 6. The molecule has 0 aliphatic rings. The minimum absolute atomic E-state index is 0.258. The first-order valence-electron chi connectivity index (χ1n) is 8.60. The summed E-state index contributed by atoms with van der Waals surface area (Å²) in [4.78, 5) is 16.9. The van der Waals surface area contributed by atoms with Crippen LogP contribution in [0.1, 0.15) is 40.7 Å². The normalized spacial score (nSPS) is 11.2. The van der Waals surface area contributed by atoms with Gasteiger partial charge in [0.25, 0.3) is 5.91 Å². The smallest absolute Gasteiger partial charge is 0.259 e. The molecule has 0 bridgehead atoms. The largest absolute Gasteiger partial charge is 0.296 e. The molecule has 0 unspecified atom stereocenters. The van der Waals surface area contributed by atoms with Crippen LogP contribution >= 0.6 is 11.3 Å². The number of nitrogens with one attached hydrogen (secondary N) is 1. The van der Waals surface area contributed by atoms with Gasteiger partial charge in [-0.1, -0.05) is 55.5 Å². The number of rotatable bonds is 5. The second-order valence-corrected chi connectivity index (χ2v) is 7.49. The lowest BCUT2D eigenvalue weighted by molar-refractivity contribution is 0.102. The molecule has 0 aliphatic carbocycles. The number of anilines is 1. The predicted octanol–water partition coefficient (Wildman–Crippen LogP) is 3.71. The monoisotopic (exact) mass is 378 g/mol. The van der Waals surface area contributed by atoms with E-state index < -0.39 is 0 Å². The van der Waals surface area contributed by atoms with E-state index >= 15 is 0 Å². The fourth-order valence-electron chi connectivity index (χ4n) is 2.66. The summed E-state index contributed by atoms with van der Waals surface area (Å²) in [5.74, 6) is 0.0216. The molecule has 1 N–H and O–H groups in total. The van der Waals surface area contributed by atoms with Crippen LogP contribution in [0.2, 0.25) is 0 Å². The minimum atomic E-state index is -0.258. The molecule has 0 saturated heterocycles. The first-order valence-corrected chi connectivity index (χ1v) is 9.42. The molecule has 0 aliphatic heterocycles. The molecular weight excluding hydrogens is 360 g/mol. The highest BCUT2D eigenvalue weighted by atomic mass is 32.1. The Morgan fingerprint density at radius 2 is 2.00 bits per heavy atom. The Balaban J connectivity index is 1.53. The SMILES string of the molecule is CC(C)c1nnc(NC(=O)c2cnc3c(cnn3Cc3ccccc3)c2)s1. The van der Waals surface area contributed by atoms with Crippen LogP contribution in [0.25, 0.3) is 11.0 Å². The lowest BCUT2D eigenvalue weighted by Gasteiger charge is -2.04. The van der Waals surface area contributed by atoms with Gasteiger partial charge in [0.05, 0.1) is 18.3 Å². The van der Waals surface area contributed by atoms with Gasteiger partial charge in [0.1, 0.15) is 5.01 Å². The molecule has 0 radical (unpaired) electrons. The third-order valence-electron chi connectivity index (χ3n) is 4.07. The molecule has 0 fully saturated rings. The van der Waals surface area contributed by atoms with Crippen LogP contribution in [-0.2, 0) is 6.54 Å². The number of nitrogens with zero attached hydrogens (tertiary/aromatic N) is 5. The number of benzene rings is 1. The lowest BCUT2D eigenvalue weighted by Crippen LogP contribution is -2.12. The van der Waals surface area contributed by atoms with E-state index in [9.17, 15) is 4.79 Å². The van der Waals surface area contributed by atoms with Gasteiger partial charge < -0.3 is 0 Å². The summed E-state index contributed by atoms with van der Waals surface area (Å²) in [5, 5.41) is 17.5. The van der Waals surface area contributed by atoms with Crippen molar-refractivity contribution in [3.63, 3.8) is 0 Å². The zero-order valence-electron chi connectivity index (χ0n) is 15.0. The van der Waals surface area contributed by atoms with Gasteiger partial charge in [0, 0.05) is 17.5 Å². The molecule has 8 heteroatoms. The molecule has 4 rings (SSSR count). The van der Waals surface area contributed by atoms with Gasteiger partial charge in [-0.15, -0.1) is 10.2 Å². The van der Waals surface area contributed by atoms with Crippen LogP contribution in [0.5, 0.6) is 0 Å². The van der Waals surface area contributed by atoms with Crippen LogP contribution in [0.4, 0.5) is 5.13 Å². The quantitative estimate of drug-likeness (QED) is 0.572. The zero-order valence-corrected chi connectivity index (χ0v) is 15.8. The number of aromatic nitrogens is 5. The van der Waals surface area contributed by atoms with Gasteiger partial charge in [0.2, 0.25) is 5.13 Å². The summed E-state index contributed by atoms with van der Waals surface area (Å²) in [6.45, 7) is 4.71. The number of fused-ring (bicyclic) bond motifs is 1. The number of amides is 1. The van der Waals surface area contributed by atoms with Gasteiger partial charge in [-0.05, 0) is 11.6 Å².